The van der Waals surface area contributed by atoms with E-state index in [0.717, 1.165) is 5.56 Å². The molecule has 1 aliphatic rings. The zero-order valence-corrected chi connectivity index (χ0v) is 14.5. The van der Waals surface area contributed by atoms with Crippen LogP contribution in [0.5, 0.6) is 0 Å². The Morgan fingerprint density at radius 1 is 1.11 bits per heavy atom. The number of hydrogen-bond acceptors (Lipinski definition) is 3. The summed E-state index contributed by atoms with van der Waals surface area (Å²) in [5, 5.41) is 10.1. The normalized spacial score (nSPS) is 23.1. The van der Waals surface area contributed by atoms with Gasteiger partial charge >= 0.3 is 12.3 Å². The summed E-state index contributed by atoms with van der Waals surface area (Å²) in [5.74, 6) is 0. The van der Waals surface area contributed by atoms with E-state index in [2.05, 4.69) is 0 Å². The topological polar surface area (TPSA) is 49.8 Å². The number of rotatable bonds is 3. The predicted octanol–water partition coefficient (Wildman–Crippen LogP) is 4.45. The molecule has 0 radical (unpaired) electrons. The van der Waals surface area contributed by atoms with Crippen LogP contribution in [-0.2, 0) is 11.3 Å². The number of benzene rings is 2. The second kappa shape index (κ2) is 7.60. The molecule has 0 aliphatic carbocycles. The van der Waals surface area contributed by atoms with Crippen molar-refractivity contribution in [2.75, 3.05) is 6.54 Å². The summed E-state index contributed by atoms with van der Waals surface area (Å²) in [4.78, 5) is 13.8. The number of carbonyl (C=O) groups excluding carboxylic acids is 1. The summed E-state index contributed by atoms with van der Waals surface area (Å²) in [6.07, 6.45) is -6.67. The lowest BCUT2D eigenvalue weighted by Gasteiger charge is -2.44. The van der Waals surface area contributed by atoms with Crippen LogP contribution in [0.1, 0.15) is 30.0 Å². The fourth-order valence-corrected chi connectivity index (χ4v) is 3.24. The molecule has 2 atom stereocenters. The third kappa shape index (κ3) is 4.24. The maximum atomic E-state index is 13.3. The highest BCUT2D eigenvalue weighted by Gasteiger charge is 2.57. The summed E-state index contributed by atoms with van der Waals surface area (Å²) in [7, 11) is 0. The molecular weight excluding hydrogens is 359 g/mol. The Morgan fingerprint density at radius 3 is 2.30 bits per heavy atom. The van der Waals surface area contributed by atoms with Crippen LogP contribution < -0.4 is 0 Å². The van der Waals surface area contributed by atoms with Crippen LogP contribution in [0.2, 0.25) is 0 Å². The number of nitrogens with zero attached hydrogens (tertiary/aromatic N) is 1. The highest BCUT2D eigenvalue weighted by molar-refractivity contribution is 5.68. The minimum Gasteiger partial charge on any atom is -0.445 e. The Labute approximate surface area is 155 Å². The van der Waals surface area contributed by atoms with Gasteiger partial charge in [0.25, 0.3) is 0 Å². The molecular formula is C20H20F3NO3. The molecule has 1 N–H and O–H groups in total. The molecule has 1 fully saturated rings. The summed E-state index contributed by atoms with van der Waals surface area (Å²) in [5.41, 5.74) is -1.52. The average molecular weight is 379 g/mol. The fraction of sp³-hybridized carbons (Fsp3) is 0.350. The van der Waals surface area contributed by atoms with E-state index >= 15 is 0 Å². The smallest absolute Gasteiger partial charge is 0.417 e. The fourth-order valence-electron chi connectivity index (χ4n) is 3.24. The van der Waals surface area contributed by atoms with Crippen molar-refractivity contribution in [1.29, 1.82) is 0 Å². The largest absolute Gasteiger partial charge is 0.445 e. The van der Waals surface area contributed by atoms with Crippen molar-refractivity contribution in [3.63, 3.8) is 0 Å². The predicted molar refractivity (Wildman–Crippen MR) is 92.8 cm³/mol. The lowest BCUT2D eigenvalue weighted by atomic mass is 9.83. The van der Waals surface area contributed by atoms with E-state index in [-0.39, 0.29) is 13.2 Å². The molecule has 0 spiro atoms. The van der Waals surface area contributed by atoms with Crippen LogP contribution in [-0.4, -0.2) is 34.4 Å². The third-order valence-corrected chi connectivity index (χ3v) is 4.83. The van der Waals surface area contributed by atoms with E-state index in [0.29, 0.717) is 5.56 Å². The van der Waals surface area contributed by atoms with E-state index in [1.807, 2.05) is 6.07 Å². The van der Waals surface area contributed by atoms with Crippen LogP contribution in [0, 0.1) is 0 Å². The second-order valence-corrected chi connectivity index (χ2v) is 6.64. The highest BCUT2D eigenvalue weighted by Crippen LogP contribution is 2.45. The Morgan fingerprint density at radius 2 is 1.70 bits per heavy atom. The van der Waals surface area contributed by atoms with Gasteiger partial charge in [-0.15, -0.1) is 0 Å². The molecule has 4 nitrogen and oxygen atoms in total. The Hall–Kier alpha value is -2.54. The first kappa shape index (κ1) is 19.2. The molecule has 2 unspecified atom stereocenters. The van der Waals surface area contributed by atoms with E-state index in [4.69, 9.17) is 4.74 Å². The molecule has 2 aromatic carbocycles. The van der Waals surface area contributed by atoms with Gasteiger partial charge in [0.05, 0.1) is 6.04 Å². The van der Waals surface area contributed by atoms with Gasteiger partial charge in [-0.2, -0.15) is 13.2 Å². The number of halogens is 3. The molecule has 144 valence electrons. The van der Waals surface area contributed by atoms with Gasteiger partial charge in [0.1, 0.15) is 6.61 Å². The summed E-state index contributed by atoms with van der Waals surface area (Å²) < 4.78 is 45.3. The van der Waals surface area contributed by atoms with E-state index in [9.17, 15) is 23.1 Å². The summed E-state index contributed by atoms with van der Waals surface area (Å²) >= 11 is 0. The molecule has 2 aromatic rings. The van der Waals surface area contributed by atoms with Crippen molar-refractivity contribution in [3.8, 4) is 0 Å². The summed E-state index contributed by atoms with van der Waals surface area (Å²) in [6, 6.07) is 16.5. The number of piperidine rings is 1. The van der Waals surface area contributed by atoms with E-state index in [1.165, 1.54) is 4.90 Å². The highest BCUT2D eigenvalue weighted by atomic mass is 19.4. The number of amides is 1. The van der Waals surface area contributed by atoms with Crippen molar-refractivity contribution in [1.82, 2.24) is 4.90 Å². The van der Waals surface area contributed by atoms with Crippen LogP contribution in [0.25, 0.3) is 0 Å². The van der Waals surface area contributed by atoms with Gasteiger partial charge in [0, 0.05) is 19.4 Å². The van der Waals surface area contributed by atoms with Gasteiger partial charge in [-0.05, 0) is 11.1 Å². The van der Waals surface area contributed by atoms with Gasteiger partial charge in [-0.1, -0.05) is 60.7 Å². The van der Waals surface area contributed by atoms with E-state index < -0.39 is 36.8 Å². The SMILES string of the molecule is O=C(OCc1ccccc1)N1CCC(O)(C(F)(F)F)CC1c1ccccc1. The number of hydrogen-bond donors (Lipinski definition) is 1. The van der Waals surface area contributed by atoms with Gasteiger partial charge in [-0.25, -0.2) is 4.79 Å². The first-order valence-corrected chi connectivity index (χ1v) is 8.61. The lowest BCUT2D eigenvalue weighted by Crippen LogP contribution is -2.55. The molecule has 0 bridgehead atoms. The second-order valence-electron chi connectivity index (χ2n) is 6.64. The van der Waals surface area contributed by atoms with Crippen LogP contribution in [0.15, 0.2) is 60.7 Å². The molecule has 1 saturated heterocycles. The van der Waals surface area contributed by atoms with Crippen molar-refractivity contribution in [3.05, 3.63) is 71.8 Å². The minimum atomic E-state index is -4.76. The Balaban J connectivity index is 1.79. The van der Waals surface area contributed by atoms with Gasteiger partial charge < -0.3 is 14.7 Å². The molecule has 0 aromatic heterocycles. The Kier molecular flexibility index (Phi) is 5.41. The molecule has 1 heterocycles. The molecule has 7 heteroatoms. The summed E-state index contributed by atoms with van der Waals surface area (Å²) in [6.45, 7) is -0.218. The number of carbonyl (C=O) groups is 1. The van der Waals surface area contributed by atoms with Crippen molar-refractivity contribution >= 4 is 6.09 Å². The first-order valence-electron chi connectivity index (χ1n) is 8.61. The average Bonchev–Trinajstić information content (AvgIpc) is 2.67. The number of aliphatic hydroxyl groups is 1. The van der Waals surface area contributed by atoms with Gasteiger partial charge in [-0.3, -0.25) is 0 Å². The lowest BCUT2D eigenvalue weighted by molar-refractivity contribution is -0.276. The van der Waals surface area contributed by atoms with Crippen LogP contribution >= 0.6 is 0 Å². The molecule has 1 amide bonds. The van der Waals surface area contributed by atoms with Gasteiger partial charge in [0.15, 0.2) is 5.60 Å². The minimum absolute atomic E-state index is 0.0290. The molecule has 0 saturated carbocycles. The first-order chi connectivity index (χ1) is 12.8. The maximum absolute atomic E-state index is 13.3. The molecule has 1 aliphatic heterocycles. The van der Waals surface area contributed by atoms with Crippen molar-refractivity contribution in [2.45, 2.75) is 37.3 Å². The quantitative estimate of drug-likeness (QED) is 0.857. The van der Waals surface area contributed by atoms with Gasteiger partial charge in [0.2, 0.25) is 0 Å². The van der Waals surface area contributed by atoms with Crippen molar-refractivity contribution in [2.24, 2.45) is 0 Å². The molecule has 3 rings (SSSR count). The zero-order chi connectivity index (χ0) is 19.5. The van der Waals surface area contributed by atoms with Crippen LogP contribution in [0.4, 0.5) is 18.0 Å². The standard InChI is InChI=1S/C20H20F3NO3/c21-20(22,23)19(26)11-12-24(17(13-19)16-9-5-2-6-10-16)18(25)27-14-15-7-3-1-4-8-15/h1-10,17,26H,11-14H2. The monoisotopic (exact) mass is 379 g/mol. The number of likely N-dealkylation sites (tertiary alicyclic amines) is 1. The van der Waals surface area contributed by atoms with Crippen LogP contribution in [0.3, 0.4) is 0 Å². The van der Waals surface area contributed by atoms with Crippen molar-refractivity contribution < 1.29 is 27.8 Å². The number of alkyl halides is 3. The Bertz CT molecular complexity index is 767. The maximum Gasteiger partial charge on any atom is 0.417 e. The zero-order valence-electron chi connectivity index (χ0n) is 14.5. The number of ether oxygens (including phenoxy) is 1. The third-order valence-electron chi connectivity index (χ3n) is 4.83. The molecule has 27 heavy (non-hydrogen) atoms. The van der Waals surface area contributed by atoms with E-state index in [1.54, 1.807) is 54.6 Å².